The van der Waals surface area contributed by atoms with Gasteiger partial charge in [0.2, 0.25) is 0 Å². The number of benzene rings is 2. The van der Waals surface area contributed by atoms with E-state index in [0.717, 1.165) is 27.8 Å². The summed E-state index contributed by atoms with van der Waals surface area (Å²) in [5.41, 5.74) is 2.51. The first-order valence-corrected chi connectivity index (χ1v) is 12.5. The lowest BCUT2D eigenvalue weighted by Crippen LogP contribution is -2.15. The number of ether oxygens (including phenoxy) is 3. The third-order valence-corrected chi connectivity index (χ3v) is 7.27. The molecule has 0 fully saturated rings. The third-order valence-electron chi connectivity index (χ3n) is 5.05. The van der Waals surface area contributed by atoms with Gasteiger partial charge < -0.3 is 19.5 Å². The van der Waals surface area contributed by atoms with Gasteiger partial charge in [0.05, 0.1) is 34.1 Å². The van der Waals surface area contributed by atoms with E-state index in [1.165, 1.54) is 13.3 Å². The second kappa shape index (κ2) is 11.3. The molecule has 0 saturated carbocycles. The number of fused-ring (bicyclic) bond motifs is 1. The number of nitrogens with zero attached hydrogens (tertiary/aromatic N) is 1. The molecular weight excluding hydrogens is 548 g/mol. The average molecular weight is 569 g/mol. The Labute approximate surface area is 219 Å². The van der Waals surface area contributed by atoms with Crippen LogP contribution in [0.2, 0.25) is 0 Å². The van der Waals surface area contributed by atoms with E-state index in [9.17, 15) is 14.4 Å². The highest BCUT2D eigenvalue weighted by molar-refractivity contribution is 9.10. The number of amides is 1. The van der Waals surface area contributed by atoms with Gasteiger partial charge in [-0.3, -0.25) is 9.78 Å². The van der Waals surface area contributed by atoms with Crippen molar-refractivity contribution in [2.24, 2.45) is 0 Å². The molecule has 1 amide bonds. The molecule has 0 spiro atoms. The molecule has 0 aliphatic heterocycles. The van der Waals surface area contributed by atoms with E-state index in [2.05, 4.69) is 26.2 Å². The van der Waals surface area contributed by atoms with Gasteiger partial charge in [0.15, 0.2) is 17.2 Å². The normalized spacial score (nSPS) is 10.6. The number of halogens is 1. The van der Waals surface area contributed by atoms with Crippen LogP contribution < -0.4 is 10.1 Å². The Morgan fingerprint density at radius 1 is 1.08 bits per heavy atom. The molecule has 2 aromatic heterocycles. The van der Waals surface area contributed by atoms with Gasteiger partial charge in [-0.05, 0) is 52.7 Å². The first kappa shape index (κ1) is 25.3. The van der Waals surface area contributed by atoms with E-state index >= 15 is 0 Å². The number of esters is 2. The lowest BCUT2D eigenvalue weighted by Gasteiger charge is -2.08. The van der Waals surface area contributed by atoms with Crippen molar-refractivity contribution in [3.63, 3.8) is 0 Å². The number of nitrogens with one attached hydrogen (secondary N) is 1. The van der Waals surface area contributed by atoms with Crippen molar-refractivity contribution < 1.29 is 28.6 Å². The summed E-state index contributed by atoms with van der Waals surface area (Å²) in [7, 11) is 1.27. The molecule has 1 N–H and O–H groups in total. The summed E-state index contributed by atoms with van der Waals surface area (Å²) >= 11 is 4.63. The Bertz CT molecular complexity index is 1450. The van der Waals surface area contributed by atoms with Crippen LogP contribution in [-0.2, 0) is 14.3 Å². The van der Waals surface area contributed by atoms with Gasteiger partial charge in [-0.2, -0.15) is 0 Å². The molecule has 10 heteroatoms. The molecule has 4 aromatic rings. The number of rotatable bonds is 8. The summed E-state index contributed by atoms with van der Waals surface area (Å²) in [6.45, 7) is 1.55. The van der Waals surface area contributed by atoms with E-state index in [1.807, 2.05) is 30.3 Å². The minimum atomic E-state index is -0.598. The molecule has 0 saturated heterocycles. The highest BCUT2D eigenvalue weighted by Crippen LogP contribution is 2.46. The summed E-state index contributed by atoms with van der Waals surface area (Å²) in [5, 5.41) is 3.76. The molecule has 0 aliphatic carbocycles. The molecule has 0 aliphatic rings. The van der Waals surface area contributed by atoms with Crippen LogP contribution in [0.5, 0.6) is 5.75 Å². The first-order valence-electron chi connectivity index (χ1n) is 10.9. The van der Waals surface area contributed by atoms with Gasteiger partial charge in [-0.25, -0.2) is 9.59 Å². The van der Waals surface area contributed by atoms with Crippen molar-refractivity contribution in [2.75, 3.05) is 25.6 Å². The number of hydrogen-bond acceptors (Lipinski definition) is 8. The highest BCUT2D eigenvalue weighted by atomic mass is 79.9. The second-order valence-corrected chi connectivity index (χ2v) is 9.25. The molecule has 0 unspecified atom stereocenters. The fraction of sp³-hybridized carbons (Fsp3) is 0.154. The molecule has 4 rings (SSSR count). The Hall–Kier alpha value is -3.76. The van der Waals surface area contributed by atoms with E-state index in [0.29, 0.717) is 20.6 Å². The lowest BCUT2D eigenvalue weighted by molar-refractivity contribution is -0.145. The van der Waals surface area contributed by atoms with E-state index < -0.39 is 11.9 Å². The zero-order valence-corrected chi connectivity index (χ0v) is 21.8. The van der Waals surface area contributed by atoms with Crippen molar-refractivity contribution in [3.05, 3.63) is 75.7 Å². The fourth-order valence-electron chi connectivity index (χ4n) is 3.41. The Balaban J connectivity index is 1.60. The molecule has 0 atom stereocenters. The number of anilines is 1. The van der Waals surface area contributed by atoms with Gasteiger partial charge >= 0.3 is 11.9 Å². The van der Waals surface area contributed by atoms with Gasteiger partial charge in [0.1, 0.15) is 0 Å². The Morgan fingerprint density at radius 2 is 1.89 bits per heavy atom. The fourth-order valence-corrected chi connectivity index (χ4v) is 5.38. The van der Waals surface area contributed by atoms with E-state index in [1.54, 1.807) is 31.2 Å². The lowest BCUT2D eigenvalue weighted by atomic mass is 10.1. The summed E-state index contributed by atoms with van der Waals surface area (Å²) in [4.78, 5) is 42.2. The number of aromatic nitrogens is 1. The van der Waals surface area contributed by atoms with Crippen molar-refractivity contribution in [3.8, 4) is 16.2 Å². The minimum absolute atomic E-state index is 0.187. The number of hydrogen-bond donors (Lipinski definition) is 1. The van der Waals surface area contributed by atoms with Crippen LogP contribution in [0, 0.1) is 0 Å². The van der Waals surface area contributed by atoms with Gasteiger partial charge in [-0.1, -0.05) is 30.3 Å². The highest BCUT2D eigenvalue weighted by Gasteiger charge is 2.25. The smallest absolute Gasteiger partial charge is 0.351 e. The molecular formula is C26H21BrN2O6S. The number of carbonyl (C=O) groups excluding carboxylic acids is 3. The van der Waals surface area contributed by atoms with Crippen molar-refractivity contribution in [1.29, 1.82) is 0 Å². The molecule has 0 radical (unpaired) electrons. The van der Waals surface area contributed by atoms with Crippen LogP contribution in [0.15, 0.2) is 65.3 Å². The zero-order chi connectivity index (χ0) is 25.7. The quantitative estimate of drug-likeness (QED) is 0.271. The van der Waals surface area contributed by atoms with Crippen molar-refractivity contribution >= 4 is 61.7 Å². The predicted octanol–water partition coefficient (Wildman–Crippen LogP) is 5.71. The van der Waals surface area contributed by atoms with Crippen LogP contribution in [-0.4, -0.2) is 43.2 Å². The monoisotopic (exact) mass is 568 g/mol. The second-order valence-electron chi connectivity index (χ2n) is 7.44. The maximum absolute atomic E-state index is 12.9. The van der Waals surface area contributed by atoms with E-state index in [-0.39, 0.29) is 29.7 Å². The zero-order valence-electron chi connectivity index (χ0n) is 19.4. The summed E-state index contributed by atoms with van der Waals surface area (Å²) in [6, 6.07) is 16.5. The largest absolute Gasteiger partial charge is 0.479 e. The number of carbonyl (C=O) groups is 3. The van der Waals surface area contributed by atoms with Crippen LogP contribution in [0.1, 0.15) is 27.0 Å². The van der Waals surface area contributed by atoms with Crippen molar-refractivity contribution in [2.45, 2.75) is 6.92 Å². The standard InChI is InChI=1S/C26H21BrN2O6S/c1-3-34-20(30)14-35-22-21(27)23(36-24(22)26(32)33-2)16-8-6-9-18(12-16)29-25(31)17-11-15-7-4-5-10-19(15)28-13-17/h4-13H,3,14H2,1-2H3,(H,29,31). The SMILES string of the molecule is CCOC(=O)COc1c(C(=O)OC)sc(-c2cccc(NC(=O)c3cnc4ccccc4c3)c2)c1Br. The third kappa shape index (κ3) is 5.55. The molecule has 184 valence electrons. The summed E-state index contributed by atoms with van der Waals surface area (Å²) in [6.07, 6.45) is 1.53. The molecule has 8 nitrogen and oxygen atoms in total. The molecule has 0 bridgehead atoms. The topological polar surface area (TPSA) is 104 Å². The van der Waals surface area contributed by atoms with E-state index in [4.69, 9.17) is 14.2 Å². The summed E-state index contributed by atoms with van der Waals surface area (Å²) < 4.78 is 15.9. The van der Waals surface area contributed by atoms with Crippen LogP contribution in [0.3, 0.4) is 0 Å². The maximum Gasteiger partial charge on any atom is 0.351 e. The average Bonchev–Trinajstić information content (AvgIpc) is 3.23. The number of pyridine rings is 1. The van der Waals surface area contributed by atoms with Crippen molar-refractivity contribution in [1.82, 2.24) is 4.98 Å². The van der Waals surface area contributed by atoms with Crippen LogP contribution in [0.4, 0.5) is 5.69 Å². The molecule has 2 heterocycles. The minimum Gasteiger partial charge on any atom is -0.479 e. The molecule has 2 aromatic carbocycles. The predicted molar refractivity (Wildman–Crippen MR) is 141 cm³/mol. The number of methoxy groups -OCH3 is 1. The number of thiophene rings is 1. The molecule has 36 heavy (non-hydrogen) atoms. The number of para-hydroxylation sites is 1. The van der Waals surface area contributed by atoms with Gasteiger partial charge in [0, 0.05) is 17.3 Å². The van der Waals surface area contributed by atoms with Gasteiger partial charge in [0.25, 0.3) is 5.91 Å². The Morgan fingerprint density at radius 3 is 2.67 bits per heavy atom. The Kier molecular flexibility index (Phi) is 7.97. The maximum atomic E-state index is 12.9. The van der Waals surface area contributed by atoms with Gasteiger partial charge in [-0.15, -0.1) is 11.3 Å². The van der Waals surface area contributed by atoms with Crippen LogP contribution >= 0.6 is 27.3 Å². The first-order chi connectivity index (χ1) is 17.4. The van der Waals surface area contributed by atoms with Crippen LogP contribution in [0.25, 0.3) is 21.3 Å². The summed E-state index contributed by atoms with van der Waals surface area (Å²) in [5.74, 6) is -1.27.